The monoisotopic (exact) mass is 393 g/mol. The maximum atomic E-state index is 12.6. The Labute approximate surface area is 168 Å². The van der Waals surface area contributed by atoms with Gasteiger partial charge in [-0.05, 0) is 38.0 Å². The number of rotatable bonds is 1. The number of nitrogens with one attached hydrogen (secondary N) is 3. The number of amides is 4. The first-order valence-electron chi connectivity index (χ1n) is 10.4. The number of fused-ring (bicyclic) bond motifs is 1. The molecule has 0 aromatic carbocycles. The third-order valence-electron chi connectivity index (χ3n) is 5.16. The van der Waals surface area contributed by atoms with Crippen molar-refractivity contribution in [2.75, 3.05) is 20.1 Å². The summed E-state index contributed by atoms with van der Waals surface area (Å²) in [6.45, 7) is 7.27. The van der Waals surface area contributed by atoms with Gasteiger partial charge < -0.3 is 20.9 Å². The van der Waals surface area contributed by atoms with Crippen LogP contribution in [0.4, 0.5) is 4.79 Å². The highest BCUT2D eigenvalue weighted by Gasteiger charge is 2.36. The van der Waals surface area contributed by atoms with Crippen LogP contribution in [0.5, 0.6) is 0 Å². The fraction of sp³-hybridized carbons (Fsp3) is 0.800. The van der Waals surface area contributed by atoms with Crippen molar-refractivity contribution in [2.45, 2.75) is 71.4 Å². The van der Waals surface area contributed by atoms with Gasteiger partial charge in [-0.25, -0.2) is 4.79 Å². The molecule has 0 saturated carbocycles. The normalized spacial score (nSPS) is 28.6. The third kappa shape index (κ3) is 6.70. The van der Waals surface area contributed by atoms with Crippen LogP contribution >= 0.6 is 0 Å². The van der Waals surface area contributed by atoms with Crippen LogP contribution in [0.3, 0.4) is 0 Å². The zero-order valence-corrected chi connectivity index (χ0v) is 17.6. The van der Waals surface area contributed by atoms with Crippen LogP contribution in [0.25, 0.3) is 0 Å². The van der Waals surface area contributed by atoms with Gasteiger partial charge in [-0.15, -0.1) is 0 Å². The number of carbonyl (C=O) groups is 3. The molecule has 3 N–H and O–H groups in total. The van der Waals surface area contributed by atoms with Crippen LogP contribution in [0.2, 0.25) is 0 Å². The maximum absolute atomic E-state index is 12.6. The fourth-order valence-electron chi connectivity index (χ4n) is 3.65. The van der Waals surface area contributed by atoms with Crippen molar-refractivity contribution in [2.24, 2.45) is 11.8 Å². The van der Waals surface area contributed by atoms with E-state index in [9.17, 15) is 19.6 Å². The minimum Gasteiger partial charge on any atom is -0.359 e. The third-order valence-corrected chi connectivity index (χ3v) is 5.16. The molecule has 28 heavy (non-hydrogen) atoms. The molecule has 2 fully saturated rings. The van der Waals surface area contributed by atoms with Crippen LogP contribution < -0.4 is 16.0 Å². The number of hydrogen-bond donors (Lipinski definition) is 3. The molecule has 8 nitrogen and oxygen atoms in total. The minimum absolute atomic E-state index is 0.0464. The summed E-state index contributed by atoms with van der Waals surface area (Å²) >= 11 is 0. The molecule has 0 aliphatic carbocycles. The number of urea groups is 1. The molecule has 4 atom stereocenters. The lowest BCUT2D eigenvalue weighted by Gasteiger charge is -2.26. The fourth-order valence-corrected chi connectivity index (χ4v) is 3.65. The molecule has 0 radical (unpaired) electrons. The van der Waals surface area contributed by atoms with Gasteiger partial charge in [-0.3, -0.25) is 9.59 Å². The van der Waals surface area contributed by atoms with Gasteiger partial charge >= 0.3 is 6.03 Å². The average molecular weight is 394 g/mol. The summed E-state index contributed by atoms with van der Waals surface area (Å²) in [5.41, 5.74) is 0. The van der Waals surface area contributed by atoms with E-state index in [1.165, 1.54) is 6.42 Å². The predicted octanol–water partition coefficient (Wildman–Crippen LogP) is 1.77. The highest BCUT2D eigenvalue weighted by atomic mass is 16.2. The van der Waals surface area contributed by atoms with Crippen LogP contribution in [0.1, 0.15) is 59.3 Å². The van der Waals surface area contributed by atoms with E-state index in [0.29, 0.717) is 19.5 Å². The number of nitriles is 1. The quantitative estimate of drug-likeness (QED) is 0.630. The second-order valence-electron chi connectivity index (χ2n) is 7.56. The van der Waals surface area contributed by atoms with Crippen LogP contribution in [0.15, 0.2) is 0 Å². The van der Waals surface area contributed by atoms with Gasteiger partial charge in [-0.1, -0.05) is 27.2 Å². The molecule has 2 aliphatic heterocycles. The first-order valence-corrected chi connectivity index (χ1v) is 10.4. The van der Waals surface area contributed by atoms with E-state index in [0.717, 1.165) is 19.3 Å². The molecule has 2 rings (SSSR count). The van der Waals surface area contributed by atoms with E-state index < -0.39 is 12.1 Å². The summed E-state index contributed by atoms with van der Waals surface area (Å²) in [4.78, 5) is 38.6. The predicted molar refractivity (Wildman–Crippen MR) is 107 cm³/mol. The lowest BCUT2D eigenvalue weighted by atomic mass is 9.84. The Morgan fingerprint density at radius 2 is 1.96 bits per heavy atom. The van der Waals surface area contributed by atoms with Crippen LogP contribution in [0, 0.1) is 23.2 Å². The molecule has 4 unspecified atom stereocenters. The molecule has 0 aromatic heterocycles. The summed E-state index contributed by atoms with van der Waals surface area (Å²) in [5.74, 6) is -0.749. The molecule has 2 aliphatic rings. The number of hydrogen-bond acceptors (Lipinski definition) is 4. The van der Waals surface area contributed by atoms with E-state index in [2.05, 4.69) is 35.9 Å². The van der Waals surface area contributed by atoms with Crippen LogP contribution in [-0.4, -0.2) is 55.0 Å². The first kappa shape index (κ1) is 23.7. The standard InChI is InChI=1S/C17H27N5O3.C3H8/c1-11-5-3-7-20-17(25)22-8-4-6-14(22)16(24)21-12(10-18)9-13(11)15(23)19-2;1-3-2/h11-14H,3-9H2,1-2H3,(H,19,23)(H,20,25)(H,21,24);3H2,1-2H3. The molecule has 2 heterocycles. The largest absolute Gasteiger partial charge is 0.359 e. The summed E-state index contributed by atoms with van der Waals surface area (Å²) in [5, 5.41) is 17.7. The first-order chi connectivity index (χ1) is 13.4. The molecule has 2 saturated heterocycles. The highest BCUT2D eigenvalue weighted by molar-refractivity contribution is 5.88. The number of nitrogens with zero attached hydrogens (tertiary/aromatic N) is 2. The molecule has 0 aromatic rings. The second-order valence-corrected chi connectivity index (χ2v) is 7.56. The smallest absolute Gasteiger partial charge is 0.318 e. The van der Waals surface area contributed by atoms with Gasteiger partial charge in [0.15, 0.2) is 0 Å². The van der Waals surface area contributed by atoms with E-state index >= 15 is 0 Å². The number of carbonyl (C=O) groups excluding carboxylic acids is 3. The summed E-state index contributed by atoms with van der Waals surface area (Å²) < 4.78 is 0. The Kier molecular flexibility index (Phi) is 10.4. The zero-order chi connectivity index (χ0) is 21.1. The molecule has 4 amide bonds. The molecule has 0 bridgehead atoms. The van der Waals surface area contributed by atoms with E-state index in [-0.39, 0.29) is 36.1 Å². The zero-order valence-electron chi connectivity index (χ0n) is 17.6. The van der Waals surface area contributed by atoms with Crippen molar-refractivity contribution in [1.82, 2.24) is 20.9 Å². The van der Waals surface area contributed by atoms with Gasteiger partial charge in [0.05, 0.1) is 6.07 Å². The van der Waals surface area contributed by atoms with Crippen molar-refractivity contribution in [3.63, 3.8) is 0 Å². The Morgan fingerprint density at radius 3 is 2.57 bits per heavy atom. The molecule has 0 spiro atoms. The van der Waals surface area contributed by atoms with E-state index in [4.69, 9.17) is 0 Å². The minimum atomic E-state index is -0.747. The summed E-state index contributed by atoms with van der Waals surface area (Å²) in [6.07, 6.45) is 4.38. The lowest BCUT2D eigenvalue weighted by Crippen LogP contribution is -2.51. The van der Waals surface area contributed by atoms with Crippen molar-refractivity contribution in [1.29, 1.82) is 5.26 Å². The van der Waals surface area contributed by atoms with Gasteiger partial charge in [0.2, 0.25) is 11.8 Å². The summed E-state index contributed by atoms with van der Waals surface area (Å²) in [7, 11) is 1.58. The summed E-state index contributed by atoms with van der Waals surface area (Å²) in [6, 6.07) is 0.561. The van der Waals surface area contributed by atoms with Gasteiger partial charge in [-0.2, -0.15) is 5.26 Å². The highest BCUT2D eigenvalue weighted by Crippen LogP contribution is 2.24. The topological polar surface area (TPSA) is 114 Å². The van der Waals surface area contributed by atoms with Gasteiger partial charge in [0.25, 0.3) is 0 Å². The van der Waals surface area contributed by atoms with Gasteiger partial charge in [0.1, 0.15) is 12.1 Å². The Balaban J connectivity index is 0.00000122. The SMILES string of the molecule is CCC.CNC(=O)C1CC(C#N)NC(=O)C2CCCN2C(=O)NCCCC1C. The molecule has 8 heteroatoms. The molecular weight excluding hydrogens is 358 g/mol. The van der Waals surface area contributed by atoms with Crippen molar-refractivity contribution < 1.29 is 14.4 Å². The van der Waals surface area contributed by atoms with Crippen molar-refractivity contribution >= 4 is 17.8 Å². The average Bonchev–Trinajstić information content (AvgIpc) is 3.17. The van der Waals surface area contributed by atoms with Gasteiger partial charge in [0, 0.05) is 26.1 Å². The molecule has 158 valence electrons. The van der Waals surface area contributed by atoms with E-state index in [1.807, 2.05) is 6.92 Å². The lowest BCUT2D eigenvalue weighted by molar-refractivity contribution is -0.128. The Bertz CT molecular complexity index is 575. The second kappa shape index (κ2) is 12.2. The Morgan fingerprint density at radius 1 is 1.29 bits per heavy atom. The molecular formula is C20H35N5O3. The van der Waals surface area contributed by atoms with Crippen molar-refractivity contribution in [3.8, 4) is 6.07 Å². The van der Waals surface area contributed by atoms with E-state index in [1.54, 1.807) is 11.9 Å². The Hall–Kier alpha value is -2.30. The maximum Gasteiger partial charge on any atom is 0.318 e. The van der Waals surface area contributed by atoms with Crippen molar-refractivity contribution in [3.05, 3.63) is 0 Å². The van der Waals surface area contributed by atoms with Crippen LogP contribution in [-0.2, 0) is 9.59 Å².